The first-order valence-corrected chi connectivity index (χ1v) is 8.51. The van der Waals surface area contributed by atoms with Crippen LogP contribution in [-0.2, 0) is 11.2 Å². The van der Waals surface area contributed by atoms with Crippen molar-refractivity contribution in [3.05, 3.63) is 33.8 Å². The third-order valence-electron chi connectivity index (χ3n) is 5.01. The predicted octanol–water partition coefficient (Wildman–Crippen LogP) is 4.19. The molecule has 4 heteroatoms. The van der Waals surface area contributed by atoms with Gasteiger partial charge in [-0.3, -0.25) is 0 Å². The summed E-state index contributed by atoms with van der Waals surface area (Å²) in [6.45, 7) is 2.77. The van der Waals surface area contributed by atoms with Crippen LogP contribution >= 0.6 is 23.2 Å². The lowest BCUT2D eigenvalue weighted by Crippen LogP contribution is -2.36. The molecular weight excluding hydrogens is 305 g/mol. The molecule has 21 heavy (non-hydrogen) atoms. The van der Waals surface area contributed by atoms with Gasteiger partial charge in [-0.15, -0.1) is 0 Å². The molecule has 0 aliphatic heterocycles. The van der Waals surface area contributed by atoms with Crippen LogP contribution in [0.2, 0.25) is 10.0 Å². The Labute approximate surface area is 137 Å². The van der Waals surface area contributed by atoms with Crippen LogP contribution in [0, 0.1) is 17.3 Å². The van der Waals surface area contributed by atoms with Gasteiger partial charge in [0.05, 0.1) is 16.7 Å². The fourth-order valence-corrected chi connectivity index (χ4v) is 4.29. The van der Waals surface area contributed by atoms with Crippen LogP contribution in [0.4, 0.5) is 0 Å². The summed E-state index contributed by atoms with van der Waals surface area (Å²) in [6.07, 6.45) is 5.23. The largest absolute Gasteiger partial charge is 0.383 e. The predicted molar refractivity (Wildman–Crippen MR) is 88.2 cm³/mol. The minimum absolute atomic E-state index is 0.387. The lowest BCUT2D eigenvalue weighted by molar-refractivity contribution is 0.186. The normalized spacial score (nSPS) is 30.4. The van der Waals surface area contributed by atoms with Crippen molar-refractivity contribution in [2.24, 2.45) is 17.3 Å². The monoisotopic (exact) mass is 327 g/mol. The zero-order valence-electron chi connectivity index (χ0n) is 12.5. The molecule has 2 aliphatic rings. The summed E-state index contributed by atoms with van der Waals surface area (Å²) < 4.78 is 5.12. The van der Waals surface area contributed by atoms with E-state index in [1.54, 1.807) is 7.11 Å². The molecule has 2 fully saturated rings. The Bertz CT molecular complexity index is 496. The van der Waals surface area contributed by atoms with Gasteiger partial charge >= 0.3 is 0 Å². The van der Waals surface area contributed by atoms with E-state index in [9.17, 15) is 0 Å². The Kier molecular flexibility index (Phi) is 4.80. The van der Waals surface area contributed by atoms with Crippen molar-refractivity contribution in [3.63, 3.8) is 0 Å². The average Bonchev–Trinajstić information content (AvgIpc) is 3.07. The van der Waals surface area contributed by atoms with Gasteiger partial charge in [0.1, 0.15) is 0 Å². The van der Waals surface area contributed by atoms with Crippen LogP contribution < -0.4 is 5.32 Å². The van der Waals surface area contributed by atoms with E-state index in [2.05, 4.69) is 11.4 Å². The van der Waals surface area contributed by atoms with Gasteiger partial charge in [0, 0.05) is 20.2 Å². The van der Waals surface area contributed by atoms with Crippen molar-refractivity contribution in [2.45, 2.75) is 25.7 Å². The highest BCUT2D eigenvalue weighted by atomic mass is 35.5. The third kappa shape index (κ3) is 3.73. The average molecular weight is 328 g/mol. The quantitative estimate of drug-likeness (QED) is 0.758. The molecule has 0 heterocycles. The second-order valence-electron chi connectivity index (χ2n) is 6.76. The molecule has 1 aromatic rings. The third-order valence-corrected chi connectivity index (χ3v) is 5.74. The van der Waals surface area contributed by atoms with Crippen molar-refractivity contribution in [1.29, 1.82) is 0 Å². The summed E-state index contributed by atoms with van der Waals surface area (Å²) in [7, 11) is 1.75. The summed E-state index contributed by atoms with van der Waals surface area (Å²) in [6, 6.07) is 6.07. The van der Waals surface area contributed by atoms with E-state index in [0.29, 0.717) is 15.5 Å². The molecule has 0 saturated heterocycles. The second-order valence-corrected chi connectivity index (χ2v) is 7.57. The molecule has 2 atom stereocenters. The zero-order valence-corrected chi connectivity index (χ0v) is 14.0. The first kappa shape index (κ1) is 15.6. The first-order valence-electron chi connectivity index (χ1n) is 7.75. The van der Waals surface area contributed by atoms with Gasteiger partial charge < -0.3 is 10.1 Å². The number of benzene rings is 1. The summed E-state index contributed by atoms with van der Waals surface area (Å²) >= 11 is 12.2. The molecule has 2 saturated carbocycles. The first-order chi connectivity index (χ1) is 10.1. The van der Waals surface area contributed by atoms with Crippen molar-refractivity contribution in [1.82, 2.24) is 5.32 Å². The molecule has 0 bridgehead atoms. The van der Waals surface area contributed by atoms with Crippen LogP contribution in [0.3, 0.4) is 0 Å². The fraction of sp³-hybridized carbons (Fsp3) is 0.647. The molecular formula is C17H23Cl2NO. The molecule has 1 aromatic carbocycles. The maximum Gasteiger partial charge on any atom is 0.0595 e. The van der Waals surface area contributed by atoms with Crippen LogP contribution in [0.15, 0.2) is 18.2 Å². The number of rotatable bonds is 7. The van der Waals surface area contributed by atoms with E-state index in [-0.39, 0.29) is 0 Å². The minimum atomic E-state index is 0.387. The number of nitrogens with one attached hydrogen (secondary N) is 1. The highest BCUT2D eigenvalue weighted by molar-refractivity contribution is 6.42. The number of ether oxygens (including phenoxy) is 1. The van der Waals surface area contributed by atoms with E-state index in [4.69, 9.17) is 27.9 Å². The number of fused-ring (bicyclic) bond motifs is 1. The Hall–Kier alpha value is -0.280. The molecule has 0 spiro atoms. The lowest BCUT2D eigenvalue weighted by Gasteiger charge is -2.32. The van der Waals surface area contributed by atoms with Gasteiger partial charge in [0.25, 0.3) is 0 Å². The van der Waals surface area contributed by atoms with Crippen molar-refractivity contribution >= 4 is 23.2 Å². The molecule has 0 aromatic heterocycles. The van der Waals surface area contributed by atoms with E-state index in [1.807, 2.05) is 12.1 Å². The van der Waals surface area contributed by atoms with Gasteiger partial charge in [-0.25, -0.2) is 0 Å². The minimum Gasteiger partial charge on any atom is -0.383 e. The van der Waals surface area contributed by atoms with E-state index < -0.39 is 0 Å². The van der Waals surface area contributed by atoms with Gasteiger partial charge in [0.2, 0.25) is 0 Å². The van der Waals surface area contributed by atoms with Crippen molar-refractivity contribution < 1.29 is 4.74 Å². The van der Waals surface area contributed by atoms with Gasteiger partial charge in [-0.2, -0.15) is 0 Å². The SMILES string of the molecule is COCCNCC1(Cc2ccc(Cl)c(Cl)c2)CC2CC2C1. The summed E-state index contributed by atoms with van der Waals surface area (Å²) in [4.78, 5) is 0. The standard InChI is InChI=1S/C17H23Cl2NO/c1-21-5-4-20-11-17(9-13-7-14(13)10-17)8-12-2-3-15(18)16(19)6-12/h2-3,6,13-14,20H,4-5,7-11H2,1H3. The summed E-state index contributed by atoms with van der Waals surface area (Å²) in [5.74, 6) is 1.94. The Morgan fingerprint density at radius 1 is 1.24 bits per heavy atom. The van der Waals surface area contributed by atoms with Crippen molar-refractivity contribution in [3.8, 4) is 0 Å². The maximum atomic E-state index is 6.16. The molecule has 2 aliphatic carbocycles. The summed E-state index contributed by atoms with van der Waals surface area (Å²) in [5.41, 5.74) is 1.69. The Balaban J connectivity index is 1.66. The van der Waals surface area contributed by atoms with Gasteiger partial charge in [-0.05, 0) is 60.6 Å². The zero-order chi connectivity index (χ0) is 14.9. The highest BCUT2D eigenvalue weighted by Gasteiger charge is 2.53. The molecule has 2 unspecified atom stereocenters. The number of hydrogen-bond donors (Lipinski definition) is 1. The second kappa shape index (κ2) is 6.45. The van der Waals surface area contributed by atoms with Crippen LogP contribution in [0.5, 0.6) is 0 Å². The van der Waals surface area contributed by atoms with E-state index in [1.165, 1.54) is 24.8 Å². The Morgan fingerprint density at radius 2 is 2.00 bits per heavy atom. The van der Waals surface area contributed by atoms with Crippen LogP contribution in [0.1, 0.15) is 24.8 Å². The number of hydrogen-bond acceptors (Lipinski definition) is 2. The Morgan fingerprint density at radius 3 is 2.67 bits per heavy atom. The lowest BCUT2D eigenvalue weighted by atomic mass is 9.77. The maximum absolute atomic E-state index is 6.16. The van der Waals surface area contributed by atoms with Crippen molar-refractivity contribution in [2.75, 3.05) is 26.8 Å². The van der Waals surface area contributed by atoms with Crippen LogP contribution in [0.25, 0.3) is 0 Å². The van der Waals surface area contributed by atoms with E-state index in [0.717, 1.165) is 38.0 Å². The number of methoxy groups -OCH3 is 1. The van der Waals surface area contributed by atoms with E-state index >= 15 is 0 Å². The van der Waals surface area contributed by atoms with Gasteiger partial charge in [0.15, 0.2) is 0 Å². The molecule has 116 valence electrons. The molecule has 2 nitrogen and oxygen atoms in total. The molecule has 0 radical (unpaired) electrons. The summed E-state index contributed by atoms with van der Waals surface area (Å²) in [5, 5.41) is 4.88. The molecule has 3 rings (SSSR count). The topological polar surface area (TPSA) is 21.3 Å². The number of halogens is 2. The van der Waals surface area contributed by atoms with Gasteiger partial charge in [-0.1, -0.05) is 29.3 Å². The fourth-order valence-electron chi connectivity index (χ4n) is 3.97. The highest BCUT2D eigenvalue weighted by Crippen LogP contribution is 2.60. The smallest absolute Gasteiger partial charge is 0.0595 e. The molecule has 1 N–H and O–H groups in total. The van der Waals surface area contributed by atoms with Crippen LogP contribution in [-0.4, -0.2) is 26.8 Å². The molecule has 0 amide bonds.